The van der Waals surface area contributed by atoms with Crippen LogP contribution < -0.4 is 5.14 Å². The lowest BCUT2D eigenvalue weighted by molar-refractivity contribution is 0.173. The van der Waals surface area contributed by atoms with Gasteiger partial charge >= 0.3 is 0 Å². The third-order valence-corrected chi connectivity index (χ3v) is 2.45. The first kappa shape index (κ1) is 11.1. The van der Waals surface area contributed by atoms with Gasteiger partial charge < -0.3 is 4.74 Å². The van der Waals surface area contributed by atoms with E-state index in [1.54, 1.807) is 6.92 Å². The molecule has 0 amide bonds. The summed E-state index contributed by atoms with van der Waals surface area (Å²) < 4.78 is 28.3. The van der Waals surface area contributed by atoms with Crippen molar-refractivity contribution < 1.29 is 13.2 Å². The molecule has 0 aliphatic carbocycles. The van der Waals surface area contributed by atoms with Crippen molar-refractivity contribution in [2.24, 2.45) is 5.14 Å². The smallest absolute Gasteiger partial charge is 0.273 e. The van der Waals surface area contributed by atoms with Crippen molar-refractivity contribution in [2.45, 2.75) is 25.2 Å². The van der Waals surface area contributed by atoms with E-state index in [0.29, 0.717) is 12.4 Å². The van der Waals surface area contributed by atoms with Crippen molar-refractivity contribution in [3.63, 3.8) is 0 Å². The zero-order chi connectivity index (χ0) is 10.8. The van der Waals surface area contributed by atoms with E-state index in [4.69, 9.17) is 9.88 Å². The van der Waals surface area contributed by atoms with E-state index in [1.165, 1.54) is 11.7 Å². The number of nitrogens with two attached hydrogens (primary N) is 1. The number of nitrogens with zero attached hydrogens (tertiary/aromatic N) is 3. The summed E-state index contributed by atoms with van der Waals surface area (Å²) in [6.07, 6.45) is 0. The van der Waals surface area contributed by atoms with Gasteiger partial charge in [-0.25, -0.2) is 13.6 Å². The molecule has 1 heterocycles. The second-order valence-electron chi connectivity index (χ2n) is 2.62. The lowest BCUT2D eigenvalue weighted by Gasteiger charge is -2.04. The van der Waals surface area contributed by atoms with Crippen LogP contribution in [0.5, 0.6) is 0 Å². The molecule has 1 aromatic rings. The number of methoxy groups -OCH3 is 1. The highest BCUT2D eigenvalue weighted by Crippen LogP contribution is 2.07. The van der Waals surface area contributed by atoms with Crippen LogP contribution in [0, 0.1) is 0 Å². The highest BCUT2D eigenvalue weighted by Gasteiger charge is 2.19. The maximum Gasteiger partial charge on any atom is 0.273 e. The number of hydrogen-bond acceptors (Lipinski definition) is 5. The molecular formula is C6H12N4O3S. The minimum absolute atomic E-state index is 0.205. The zero-order valence-electron chi connectivity index (χ0n) is 7.97. The second-order valence-corrected chi connectivity index (χ2v) is 4.08. The van der Waals surface area contributed by atoms with Gasteiger partial charge in [0.25, 0.3) is 15.2 Å². The molecule has 8 heteroatoms. The van der Waals surface area contributed by atoms with Crippen molar-refractivity contribution in [2.75, 3.05) is 7.11 Å². The molecule has 80 valence electrons. The average Bonchev–Trinajstić information content (AvgIpc) is 2.47. The normalized spacial score (nSPS) is 11.9. The summed E-state index contributed by atoms with van der Waals surface area (Å²) in [4.78, 5) is 0. The van der Waals surface area contributed by atoms with Crippen LogP contribution in [-0.4, -0.2) is 30.3 Å². The van der Waals surface area contributed by atoms with Gasteiger partial charge in [0.2, 0.25) is 0 Å². The number of hydrogen-bond donors (Lipinski definition) is 1. The number of ether oxygens (including phenoxy) is 1. The van der Waals surface area contributed by atoms with E-state index in [0.717, 1.165) is 0 Å². The molecule has 0 aromatic carbocycles. The van der Waals surface area contributed by atoms with Crippen LogP contribution in [0.25, 0.3) is 0 Å². The molecule has 0 bridgehead atoms. The third-order valence-electron chi connectivity index (χ3n) is 1.64. The van der Waals surface area contributed by atoms with E-state index in [2.05, 4.69) is 10.2 Å². The van der Waals surface area contributed by atoms with Gasteiger partial charge in [-0.05, 0) is 6.92 Å². The molecule has 14 heavy (non-hydrogen) atoms. The predicted molar refractivity (Wildman–Crippen MR) is 47.8 cm³/mol. The van der Waals surface area contributed by atoms with Crippen LogP contribution in [0.15, 0.2) is 5.16 Å². The average molecular weight is 220 g/mol. The molecule has 0 saturated carbocycles. The summed E-state index contributed by atoms with van der Waals surface area (Å²) in [6, 6.07) is 0. The summed E-state index contributed by atoms with van der Waals surface area (Å²) in [5.74, 6) is 0.444. The first-order chi connectivity index (χ1) is 6.50. The van der Waals surface area contributed by atoms with Gasteiger partial charge in [0, 0.05) is 13.7 Å². The van der Waals surface area contributed by atoms with E-state index in [1.807, 2.05) is 0 Å². The molecule has 0 aliphatic heterocycles. The minimum Gasteiger partial charge on any atom is -0.377 e. The Hall–Kier alpha value is -0.990. The number of primary sulfonamides is 1. The van der Waals surface area contributed by atoms with Crippen molar-refractivity contribution in [1.29, 1.82) is 0 Å². The Labute approximate surface area is 81.9 Å². The van der Waals surface area contributed by atoms with E-state index < -0.39 is 10.0 Å². The summed E-state index contributed by atoms with van der Waals surface area (Å²) >= 11 is 0. The Morgan fingerprint density at radius 2 is 2.14 bits per heavy atom. The van der Waals surface area contributed by atoms with E-state index >= 15 is 0 Å². The van der Waals surface area contributed by atoms with Crippen molar-refractivity contribution >= 4 is 10.0 Å². The van der Waals surface area contributed by atoms with Crippen LogP contribution >= 0.6 is 0 Å². The van der Waals surface area contributed by atoms with E-state index in [-0.39, 0.29) is 11.8 Å². The number of sulfonamides is 1. The fourth-order valence-electron chi connectivity index (χ4n) is 1.08. The maximum atomic E-state index is 11.0. The molecule has 0 fully saturated rings. The molecule has 1 rings (SSSR count). The lowest BCUT2D eigenvalue weighted by atomic mass is 10.6. The fraction of sp³-hybridized carbons (Fsp3) is 0.667. The van der Waals surface area contributed by atoms with Gasteiger partial charge in [-0.2, -0.15) is 0 Å². The Balaban J connectivity index is 3.21. The Morgan fingerprint density at radius 1 is 1.50 bits per heavy atom. The van der Waals surface area contributed by atoms with Gasteiger partial charge in [0.15, 0.2) is 5.82 Å². The Morgan fingerprint density at radius 3 is 2.57 bits per heavy atom. The second kappa shape index (κ2) is 4.03. The molecule has 0 atom stereocenters. The molecule has 1 aromatic heterocycles. The third kappa shape index (κ3) is 2.08. The molecule has 0 aliphatic rings. The minimum atomic E-state index is -3.81. The first-order valence-corrected chi connectivity index (χ1v) is 5.49. The van der Waals surface area contributed by atoms with Crippen molar-refractivity contribution in [3.8, 4) is 0 Å². The van der Waals surface area contributed by atoms with Gasteiger partial charge in [-0.15, -0.1) is 10.2 Å². The first-order valence-electron chi connectivity index (χ1n) is 3.94. The van der Waals surface area contributed by atoms with Gasteiger partial charge in [-0.3, -0.25) is 4.57 Å². The SMILES string of the molecule is CCn1c(COC)nnc1S(N)(=O)=O. The van der Waals surface area contributed by atoms with Gasteiger partial charge in [-0.1, -0.05) is 0 Å². The topological polar surface area (TPSA) is 100 Å². The highest BCUT2D eigenvalue weighted by molar-refractivity contribution is 7.89. The van der Waals surface area contributed by atoms with Crippen LogP contribution in [-0.2, 0) is 27.9 Å². The fourth-order valence-corrected chi connectivity index (χ4v) is 1.78. The Bertz CT molecular complexity index is 411. The van der Waals surface area contributed by atoms with Crippen LogP contribution in [0.1, 0.15) is 12.7 Å². The summed E-state index contributed by atoms with van der Waals surface area (Å²) in [5, 5.41) is 11.9. The van der Waals surface area contributed by atoms with Crippen LogP contribution in [0.2, 0.25) is 0 Å². The van der Waals surface area contributed by atoms with Gasteiger partial charge in [0.05, 0.1) is 0 Å². The van der Waals surface area contributed by atoms with E-state index in [9.17, 15) is 8.42 Å². The molecule has 0 spiro atoms. The number of aromatic nitrogens is 3. The van der Waals surface area contributed by atoms with Crippen molar-refractivity contribution in [3.05, 3.63) is 5.82 Å². The maximum absolute atomic E-state index is 11.0. The van der Waals surface area contributed by atoms with Crippen LogP contribution in [0.4, 0.5) is 0 Å². The molecule has 7 nitrogen and oxygen atoms in total. The molecule has 0 saturated heterocycles. The largest absolute Gasteiger partial charge is 0.377 e. The molecule has 0 radical (unpaired) electrons. The molecule has 0 unspecified atom stereocenters. The predicted octanol–water partition coefficient (Wildman–Crippen LogP) is -0.908. The summed E-state index contributed by atoms with van der Waals surface area (Å²) in [7, 11) is -2.32. The van der Waals surface area contributed by atoms with Crippen LogP contribution in [0.3, 0.4) is 0 Å². The molecular weight excluding hydrogens is 208 g/mol. The zero-order valence-corrected chi connectivity index (χ0v) is 8.78. The quantitative estimate of drug-likeness (QED) is 0.708. The molecule has 2 N–H and O–H groups in total. The van der Waals surface area contributed by atoms with Crippen molar-refractivity contribution in [1.82, 2.24) is 14.8 Å². The Kier molecular flexibility index (Phi) is 3.19. The summed E-state index contributed by atoms with van der Waals surface area (Å²) in [6.45, 7) is 2.41. The highest BCUT2D eigenvalue weighted by atomic mass is 32.2. The lowest BCUT2D eigenvalue weighted by Crippen LogP contribution is -2.19. The summed E-state index contributed by atoms with van der Waals surface area (Å²) in [5.41, 5.74) is 0. The monoisotopic (exact) mass is 220 g/mol. The standard InChI is InChI=1S/C6H12N4O3S/c1-3-10-5(4-13-2)8-9-6(10)14(7,11)12/h3-4H2,1-2H3,(H2,7,11,12). The van der Waals surface area contributed by atoms with Gasteiger partial charge in [0.1, 0.15) is 6.61 Å². The number of rotatable bonds is 4.